The molecule has 0 aliphatic heterocycles. The Morgan fingerprint density at radius 3 is 2.43 bits per heavy atom. The number of hydrogen-bond acceptors (Lipinski definition) is 3. The van der Waals surface area contributed by atoms with Crippen LogP contribution in [0.2, 0.25) is 0 Å². The molecule has 0 heterocycles. The average Bonchev–Trinajstić information content (AvgIpc) is 2.48. The fraction of sp³-hybridized carbons (Fsp3) is 0.125. The summed E-state index contributed by atoms with van der Waals surface area (Å²) in [6.07, 6.45) is 1.45. The van der Waals surface area contributed by atoms with Crippen molar-refractivity contribution in [3.05, 3.63) is 62.3 Å². The minimum Gasteiger partial charge on any atom is -0.374 e. The lowest BCUT2D eigenvalue weighted by Gasteiger charge is -2.11. The van der Waals surface area contributed by atoms with Gasteiger partial charge in [-0.25, -0.2) is 9.82 Å². The summed E-state index contributed by atoms with van der Waals surface area (Å²) in [5.41, 5.74) is 5.01. The number of aryl methyl sites for hydroxylation is 1. The van der Waals surface area contributed by atoms with E-state index < -0.39 is 0 Å². The van der Waals surface area contributed by atoms with Crippen LogP contribution in [-0.4, -0.2) is 18.7 Å². The highest BCUT2D eigenvalue weighted by Crippen LogP contribution is 2.31. The molecule has 0 bridgehead atoms. The Hall–Kier alpha value is -1.73. The molecule has 120 valence electrons. The Kier molecular flexibility index (Phi) is 6.29. The molecule has 0 unspecified atom stereocenters. The van der Waals surface area contributed by atoms with E-state index in [2.05, 4.69) is 47.7 Å². The molecule has 0 saturated carbocycles. The minimum absolute atomic E-state index is 0.0705. The summed E-state index contributed by atoms with van der Waals surface area (Å²) in [7, 11) is 0. The van der Waals surface area contributed by atoms with E-state index in [0.717, 1.165) is 20.2 Å². The molecule has 0 aromatic heterocycles. The van der Waals surface area contributed by atoms with Crippen molar-refractivity contribution in [3.8, 4) is 0 Å². The summed E-state index contributed by atoms with van der Waals surface area (Å²) >= 11 is 6.91. The van der Waals surface area contributed by atoms with E-state index in [1.165, 1.54) is 18.3 Å². The molecule has 2 N–H and O–H groups in total. The van der Waals surface area contributed by atoms with E-state index in [-0.39, 0.29) is 18.3 Å². The first-order chi connectivity index (χ1) is 11.0. The van der Waals surface area contributed by atoms with Crippen molar-refractivity contribution < 1.29 is 9.18 Å². The maximum Gasteiger partial charge on any atom is 0.259 e. The summed E-state index contributed by atoms with van der Waals surface area (Å²) in [4.78, 5) is 11.8. The van der Waals surface area contributed by atoms with Gasteiger partial charge in [-0.15, -0.1) is 0 Å². The molecule has 0 spiro atoms. The van der Waals surface area contributed by atoms with Gasteiger partial charge in [0.15, 0.2) is 0 Å². The smallest absolute Gasteiger partial charge is 0.259 e. The summed E-state index contributed by atoms with van der Waals surface area (Å²) in [6, 6.07) is 9.72. The van der Waals surface area contributed by atoms with Crippen molar-refractivity contribution in [2.24, 2.45) is 5.10 Å². The molecule has 0 fully saturated rings. The molecule has 1 amide bonds. The van der Waals surface area contributed by atoms with Crippen molar-refractivity contribution >= 4 is 49.7 Å². The number of benzene rings is 2. The Morgan fingerprint density at radius 2 is 1.83 bits per heavy atom. The van der Waals surface area contributed by atoms with Gasteiger partial charge < -0.3 is 5.32 Å². The van der Waals surface area contributed by atoms with Gasteiger partial charge in [-0.05, 0) is 74.2 Å². The van der Waals surface area contributed by atoms with E-state index in [4.69, 9.17) is 0 Å². The van der Waals surface area contributed by atoms with Gasteiger partial charge in [0.05, 0.1) is 18.4 Å². The van der Waals surface area contributed by atoms with Crippen LogP contribution >= 0.6 is 31.9 Å². The fourth-order valence-corrected chi connectivity index (χ4v) is 3.50. The summed E-state index contributed by atoms with van der Waals surface area (Å²) in [5.74, 6) is -0.604. The standard InChI is InChI=1S/C16H14Br2FN3O/c1-10-6-13(17)16(14(18)7-10)20-9-15(23)22-21-8-11-2-4-12(19)5-3-11/h2-8,20H,9H2,1H3,(H,22,23). The normalized spacial score (nSPS) is 10.8. The third-order valence-electron chi connectivity index (χ3n) is 2.89. The van der Waals surface area contributed by atoms with Crippen LogP contribution in [0.1, 0.15) is 11.1 Å². The lowest BCUT2D eigenvalue weighted by Crippen LogP contribution is -2.26. The lowest BCUT2D eigenvalue weighted by atomic mass is 10.2. The number of rotatable bonds is 5. The predicted molar refractivity (Wildman–Crippen MR) is 97.2 cm³/mol. The molecule has 2 aromatic rings. The largest absolute Gasteiger partial charge is 0.374 e. The second kappa shape index (κ2) is 8.21. The molecule has 7 heteroatoms. The SMILES string of the molecule is Cc1cc(Br)c(NCC(=O)NN=Cc2ccc(F)cc2)c(Br)c1. The van der Waals surface area contributed by atoms with Crippen LogP contribution in [0.4, 0.5) is 10.1 Å². The van der Waals surface area contributed by atoms with Crippen molar-refractivity contribution in [1.29, 1.82) is 0 Å². The fourth-order valence-electron chi connectivity index (χ4n) is 1.80. The number of hydrazone groups is 1. The number of anilines is 1. The monoisotopic (exact) mass is 441 g/mol. The number of amides is 1. The van der Waals surface area contributed by atoms with Gasteiger partial charge in [0.25, 0.3) is 5.91 Å². The van der Waals surface area contributed by atoms with Gasteiger partial charge in [0.2, 0.25) is 0 Å². The molecule has 0 aliphatic carbocycles. The van der Waals surface area contributed by atoms with Gasteiger partial charge in [0.1, 0.15) is 5.82 Å². The van der Waals surface area contributed by atoms with Crippen molar-refractivity contribution in [3.63, 3.8) is 0 Å². The van der Waals surface area contributed by atoms with E-state index in [0.29, 0.717) is 5.56 Å². The van der Waals surface area contributed by atoms with Crippen LogP contribution in [0.3, 0.4) is 0 Å². The van der Waals surface area contributed by atoms with Crippen LogP contribution in [0.25, 0.3) is 0 Å². The van der Waals surface area contributed by atoms with Gasteiger partial charge in [-0.1, -0.05) is 12.1 Å². The molecule has 0 atom stereocenters. The predicted octanol–water partition coefficient (Wildman–Crippen LogP) is 4.22. The zero-order valence-corrected chi connectivity index (χ0v) is 15.4. The number of carbonyl (C=O) groups is 1. The van der Waals surface area contributed by atoms with Gasteiger partial charge in [0, 0.05) is 8.95 Å². The van der Waals surface area contributed by atoms with Crippen LogP contribution in [0.15, 0.2) is 50.4 Å². The molecule has 2 aromatic carbocycles. The Labute approximate surface area is 150 Å². The molecular formula is C16H14Br2FN3O. The number of nitrogens with zero attached hydrogens (tertiary/aromatic N) is 1. The number of hydrogen-bond donors (Lipinski definition) is 2. The highest BCUT2D eigenvalue weighted by atomic mass is 79.9. The zero-order chi connectivity index (χ0) is 16.8. The topological polar surface area (TPSA) is 53.5 Å². The Bertz CT molecular complexity index is 710. The maximum absolute atomic E-state index is 12.8. The third kappa shape index (κ3) is 5.44. The molecule has 23 heavy (non-hydrogen) atoms. The van der Waals surface area contributed by atoms with Crippen molar-refractivity contribution in [1.82, 2.24) is 5.43 Å². The summed E-state index contributed by atoms with van der Waals surface area (Å²) in [5, 5.41) is 6.87. The maximum atomic E-state index is 12.8. The molecule has 0 aliphatic rings. The molecule has 4 nitrogen and oxygen atoms in total. The first-order valence-corrected chi connectivity index (χ1v) is 8.31. The Morgan fingerprint density at radius 1 is 1.22 bits per heavy atom. The Balaban J connectivity index is 1.87. The van der Waals surface area contributed by atoms with Gasteiger partial charge >= 0.3 is 0 Å². The highest BCUT2D eigenvalue weighted by molar-refractivity contribution is 9.11. The van der Waals surface area contributed by atoms with E-state index in [9.17, 15) is 9.18 Å². The van der Waals surface area contributed by atoms with Crippen LogP contribution in [0, 0.1) is 12.7 Å². The second-order valence-corrected chi connectivity index (χ2v) is 6.51. The third-order valence-corrected chi connectivity index (χ3v) is 4.14. The van der Waals surface area contributed by atoms with E-state index in [1.807, 2.05) is 19.1 Å². The molecule has 2 rings (SSSR count). The number of carbonyl (C=O) groups excluding carboxylic acids is 1. The zero-order valence-electron chi connectivity index (χ0n) is 12.2. The van der Waals surface area contributed by atoms with Gasteiger partial charge in [-0.2, -0.15) is 5.10 Å². The first-order valence-electron chi connectivity index (χ1n) is 6.72. The van der Waals surface area contributed by atoms with Gasteiger partial charge in [-0.3, -0.25) is 4.79 Å². The molecule has 0 saturated heterocycles. The first kappa shape index (κ1) is 17.6. The number of nitrogens with one attached hydrogen (secondary N) is 2. The minimum atomic E-state index is -0.315. The van der Waals surface area contributed by atoms with E-state index >= 15 is 0 Å². The summed E-state index contributed by atoms with van der Waals surface area (Å²) < 4.78 is 14.5. The highest BCUT2D eigenvalue weighted by Gasteiger charge is 2.07. The molecule has 0 radical (unpaired) electrons. The quantitative estimate of drug-likeness (QED) is 0.538. The van der Waals surface area contributed by atoms with Crippen LogP contribution in [0.5, 0.6) is 0 Å². The van der Waals surface area contributed by atoms with E-state index in [1.54, 1.807) is 12.1 Å². The average molecular weight is 443 g/mol. The van der Waals surface area contributed by atoms with Crippen molar-refractivity contribution in [2.75, 3.05) is 11.9 Å². The van der Waals surface area contributed by atoms with Crippen LogP contribution in [-0.2, 0) is 4.79 Å². The lowest BCUT2D eigenvalue weighted by molar-refractivity contribution is -0.119. The van der Waals surface area contributed by atoms with Crippen molar-refractivity contribution in [2.45, 2.75) is 6.92 Å². The second-order valence-electron chi connectivity index (χ2n) is 4.80. The molecular weight excluding hydrogens is 429 g/mol. The number of halogens is 3. The van der Waals surface area contributed by atoms with Crippen LogP contribution < -0.4 is 10.7 Å². The summed E-state index contributed by atoms with van der Waals surface area (Å²) in [6.45, 7) is 2.05.